The Bertz CT molecular complexity index is 3410. The van der Waals surface area contributed by atoms with Crippen molar-refractivity contribution in [2.75, 3.05) is 0 Å². The van der Waals surface area contributed by atoms with Crippen molar-refractivity contribution >= 4 is 46.4 Å². The molecule has 0 saturated heterocycles. The molecule has 67 heavy (non-hydrogen) atoms. The molecule has 340 valence electrons. The number of nitrogens with one attached hydrogen (secondary N) is 2. The summed E-state index contributed by atoms with van der Waals surface area (Å²) >= 11 is 0. The van der Waals surface area contributed by atoms with Gasteiger partial charge in [0.05, 0.1) is 22.8 Å². The molecule has 0 amide bonds. The average molecular weight is 882 g/mol. The average Bonchev–Trinajstić information content (AvgIpc) is 4.16. The second kappa shape index (κ2) is 16.3. The number of rotatable bonds is 4. The molecular formula is C62H67N5. The van der Waals surface area contributed by atoms with Gasteiger partial charge in [-0.1, -0.05) is 0 Å². The van der Waals surface area contributed by atoms with Crippen LogP contribution in [0.2, 0.25) is 0 Å². The first-order valence-corrected chi connectivity index (χ1v) is 24.0. The van der Waals surface area contributed by atoms with Gasteiger partial charge in [0.15, 0.2) is 0 Å². The second-order valence-electron chi connectivity index (χ2n) is 19.9. The van der Waals surface area contributed by atoms with Crippen molar-refractivity contribution in [3.8, 4) is 44.5 Å². The van der Waals surface area contributed by atoms with Crippen molar-refractivity contribution in [2.24, 2.45) is 0 Å². The lowest BCUT2D eigenvalue weighted by Crippen LogP contribution is -2.02. The fraction of sp³-hybridized carbons (Fsp3) is 0.306. The van der Waals surface area contributed by atoms with Crippen LogP contribution in [0.3, 0.4) is 0 Å². The Morgan fingerprint density at radius 2 is 0.418 bits per heavy atom. The van der Waals surface area contributed by atoms with Crippen LogP contribution in [0, 0.1) is 132 Å². The maximum absolute atomic E-state index is 5.78. The summed E-state index contributed by atoms with van der Waals surface area (Å²) in [6, 6.07) is 9.07. The number of aromatic amines is 2. The van der Waals surface area contributed by atoms with Gasteiger partial charge in [-0.15, -0.1) is 0 Å². The van der Waals surface area contributed by atoms with Crippen molar-refractivity contribution in [2.45, 2.75) is 132 Å². The highest BCUT2D eigenvalue weighted by molar-refractivity contribution is 6.02. The molecule has 0 unspecified atom stereocenters. The molecule has 8 bridgehead atoms. The van der Waals surface area contributed by atoms with Crippen LogP contribution in [0.15, 0.2) is 24.3 Å². The molecule has 0 saturated carbocycles. The summed E-state index contributed by atoms with van der Waals surface area (Å²) in [4.78, 5) is 24.7. The molecule has 4 aromatic heterocycles. The van der Waals surface area contributed by atoms with Crippen LogP contribution in [0.1, 0.15) is 129 Å². The molecule has 0 radical (unpaired) electrons. The van der Waals surface area contributed by atoms with Crippen molar-refractivity contribution in [1.82, 2.24) is 24.9 Å². The Balaban J connectivity index is 1.59. The van der Waals surface area contributed by atoms with Crippen LogP contribution in [0.5, 0.6) is 0 Å². The van der Waals surface area contributed by atoms with Crippen LogP contribution in [-0.2, 0) is 0 Å². The quantitative estimate of drug-likeness (QED) is 0.185. The van der Waals surface area contributed by atoms with Gasteiger partial charge in [0.2, 0.25) is 0 Å². The van der Waals surface area contributed by atoms with Crippen LogP contribution in [0.25, 0.3) is 90.9 Å². The van der Waals surface area contributed by atoms with Crippen LogP contribution in [-0.4, -0.2) is 24.9 Å². The van der Waals surface area contributed by atoms with E-state index >= 15 is 0 Å². The topological polar surface area (TPSA) is 70.2 Å². The molecule has 0 spiro atoms. The van der Waals surface area contributed by atoms with E-state index in [-0.39, 0.29) is 0 Å². The third-order valence-electron chi connectivity index (χ3n) is 16.9. The largest absolute Gasteiger partial charge is 0.354 e. The smallest absolute Gasteiger partial charge is 0.0737 e. The van der Waals surface area contributed by atoms with E-state index in [1.165, 1.54) is 106 Å². The zero-order chi connectivity index (χ0) is 48.4. The zero-order valence-electron chi connectivity index (χ0n) is 43.5. The molecule has 9 rings (SSSR count). The van der Waals surface area contributed by atoms with Crippen molar-refractivity contribution in [1.29, 1.82) is 0 Å². The van der Waals surface area contributed by atoms with Gasteiger partial charge in [-0.2, -0.15) is 0 Å². The van der Waals surface area contributed by atoms with Crippen molar-refractivity contribution < 1.29 is 0 Å². The Hall–Kier alpha value is -6.59. The fourth-order valence-electron chi connectivity index (χ4n) is 11.3. The predicted octanol–water partition coefficient (Wildman–Crippen LogP) is 16.6. The van der Waals surface area contributed by atoms with E-state index in [4.69, 9.17) is 15.0 Å². The molecule has 2 aliphatic rings. The normalized spacial score (nSPS) is 12.3. The maximum Gasteiger partial charge on any atom is 0.0737 e. The Kier molecular flexibility index (Phi) is 11.1. The minimum atomic E-state index is 0.917. The molecule has 0 aliphatic carbocycles. The standard InChI is InChI=1S/C62H67N5/c1-28-31(4)37(10)55(38(11)32(28)5)59-47-20-22-49(64-47)60(56-39(12)33(6)29(2)34(7)40(56)13)51-24-26-53(66-51)62(58-43(16)45(18)63-46(19)44(58)17)54-27-25-52(67-54)61(50-23-21-48(59)65-50)57-41(14)35(8)30(3)36(9)42(57)15/h20-27,64,67H,1-19H3. The van der Waals surface area contributed by atoms with E-state index in [1.807, 2.05) is 0 Å². The summed E-state index contributed by atoms with van der Waals surface area (Å²) in [6.45, 7) is 42.7. The summed E-state index contributed by atoms with van der Waals surface area (Å²) in [7, 11) is 0. The minimum Gasteiger partial charge on any atom is -0.354 e. The van der Waals surface area contributed by atoms with E-state index in [0.29, 0.717) is 0 Å². The maximum atomic E-state index is 5.78. The minimum absolute atomic E-state index is 0.917. The van der Waals surface area contributed by atoms with Crippen LogP contribution >= 0.6 is 0 Å². The van der Waals surface area contributed by atoms with Gasteiger partial charge in [-0.05, 0) is 297 Å². The van der Waals surface area contributed by atoms with Gasteiger partial charge in [-0.25, -0.2) is 9.97 Å². The highest BCUT2D eigenvalue weighted by Crippen LogP contribution is 2.45. The van der Waals surface area contributed by atoms with E-state index in [9.17, 15) is 0 Å². The first-order chi connectivity index (χ1) is 31.7. The molecule has 0 fully saturated rings. The van der Waals surface area contributed by atoms with Crippen LogP contribution < -0.4 is 0 Å². The third-order valence-corrected chi connectivity index (χ3v) is 16.9. The van der Waals surface area contributed by atoms with Crippen LogP contribution in [0.4, 0.5) is 0 Å². The number of aromatic nitrogens is 5. The molecule has 2 aliphatic heterocycles. The van der Waals surface area contributed by atoms with Gasteiger partial charge in [0, 0.05) is 55.7 Å². The molecule has 5 heteroatoms. The summed E-state index contributed by atoms with van der Waals surface area (Å²) in [5, 5.41) is 0. The lowest BCUT2D eigenvalue weighted by Gasteiger charge is -2.20. The summed E-state index contributed by atoms with van der Waals surface area (Å²) in [6.07, 6.45) is 8.96. The van der Waals surface area contributed by atoms with Gasteiger partial charge in [-0.3, -0.25) is 4.98 Å². The predicted molar refractivity (Wildman–Crippen MR) is 288 cm³/mol. The fourth-order valence-corrected chi connectivity index (χ4v) is 11.3. The number of hydrogen-bond donors (Lipinski definition) is 2. The molecule has 0 atom stereocenters. The van der Waals surface area contributed by atoms with Gasteiger partial charge >= 0.3 is 0 Å². The van der Waals surface area contributed by atoms with Gasteiger partial charge < -0.3 is 9.97 Å². The SMILES string of the molecule is Cc1nc(C)c(C)c(-c2c3nc(c(-c4c(C)c(C)c(C)c(C)c4C)c4ccc([nH]4)c(-c4c(C)c(C)c(C)c(C)c4C)c4nc(c(-c5c(C)c(C)c(C)c(C)c5C)c5ccc2[nH]5)C=C4)C=C3)c1C. The molecule has 7 aromatic rings. The summed E-state index contributed by atoms with van der Waals surface area (Å²) in [5.41, 5.74) is 40.9. The Morgan fingerprint density at radius 1 is 0.224 bits per heavy atom. The van der Waals surface area contributed by atoms with Gasteiger partial charge in [0.25, 0.3) is 0 Å². The number of hydrogen-bond acceptors (Lipinski definition) is 3. The first-order valence-electron chi connectivity index (χ1n) is 24.0. The molecule has 3 aromatic carbocycles. The van der Waals surface area contributed by atoms with E-state index in [0.717, 1.165) is 89.6 Å². The Labute approximate surface area is 398 Å². The van der Waals surface area contributed by atoms with Crippen molar-refractivity contribution in [3.05, 3.63) is 153 Å². The number of nitrogens with zero attached hydrogens (tertiary/aromatic N) is 3. The molecule has 6 heterocycles. The lowest BCUT2D eigenvalue weighted by molar-refractivity contribution is 1.06. The number of fused-ring (bicyclic) bond motifs is 8. The second-order valence-corrected chi connectivity index (χ2v) is 19.9. The molecule has 2 N–H and O–H groups in total. The van der Waals surface area contributed by atoms with E-state index in [2.05, 4.69) is 190 Å². The molecule has 5 nitrogen and oxygen atoms in total. The summed E-state index contributed by atoms with van der Waals surface area (Å²) < 4.78 is 0. The Morgan fingerprint density at radius 3 is 0.642 bits per heavy atom. The molecular weight excluding hydrogens is 815 g/mol. The number of H-pyrrole nitrogens is 2. The highest BCUT2D eigenvalue weighted by atomic mass is 14.8. The monoisotopic (exact) mass is 882 g/mol. The summed E-state index contributed by atoms with van der Waals surface area (Å²) in [5.74, 6) is 0. The van der Waals surface area contributed by atoms with Crippen molar-refractivity contribution in [3.63, 3.8) is 0 Å². The first kappa shape index (κ1) is 45.6. The number of pyridine rings is 1. The lowest BCUT2D eigenvalue weighted by atomic mass is 9.85. The van der Waals surface area contributed by atoms with E-state index in [1.54, 1.807) is 0 Å². The zero-order valence-corrected chi connectivity index (χ0v) is 43.5. The van der Waals surface area contributed by atoms with Gasteiger partial charge in [0.1, 0.15) is 0 Å². The number of benzene rings is 3. The number of aryl methyl sites for hydroxylation is 2. The van der Waals surface area contributed by atoms with E-state index < -0.39 is 0 Å². The third kappa shape index (κ3) is 6.82. The highest BCUT2D eigenvalue weighted by Gasteiger charge is 2.26.